The van der Waals surface area contributed by atoms with Crippen molar-refractivity contribution < 1.29 is 14.7 Å². The van der Waals surface area contributed by atoms with E-state index < -0.39 is 5.97 Å². The van der Waals surface area contributed by atoms with Gasteiger partial charge < -0.3 is 10.4 Å². The Bertz CT molecular complexity index is 443. The van der Waals surface area contributed by atoms with E-state index in [1.807, 2.05) is 30.3 Å². The molecule has 0 aliphatic heterocycles. The summed E-state index contributed by atoms with van der Waals surface area (Å²) in [6, 6.07) is 10.0. The highest BCUT2D eigenvalue weighted by molar-refractivity contribution is 7.99. The van der Waals surface area contributed by atoms with E-state index in [0.29, 0.717) is 19.3 Å². The number of carboxylic acid groups (broad SMARTS) is 1. The van der Waals surface area contributed by atoms with Crippen LogP contribution >= 0.6 is 11.8 Å². The number of aliphatic carboxylic acids is 1. The van der Waals surface area contributed by atoms with Crippen molar-refractivity contribution in [3.05, 3.63) is 30.3 Å². The van der Waals surface area contributed by atoms with Gasteiger partial charge in [0.2, 0.25) is 5.91 Å². The summed E-state index contributed by atoms with van der Waals surface area (Å²) < 4.78 is 0. The highest BCUT2D eigenvalue weighted by Crippen LogP contribution is 2.27. The predicted molar refractivity (Wildman–Crippen MR) is 74.1 cm³/mol. The van der Waals surface area contributed by atoms with Gasteiger partial charge in [-0.05, 0) is 25.0 Å². The first-order chi connectivity index (χ1) is 9.15. The average Bonchev–Trinajstić information content (AvgIpc) is 2.34. The fourth-order valence-corrected chi connectivity index (χ4v) is 2.89. The van der Waals surface area contributed by atoms with E-state index in [0.717, 1.165) is 10.6 Å². The van der Waals surface area contributed by atoms with Crippen molar-refractivity contribution in [3.8, 4) is 0 Å². The van der Waals surface area contributed by atoms with E-state index in [1.165, 1.54) is 0 Å². The largest absolute Gasteiger partial charge is 0.481 e. The van der Waals surface area contributed by atoms with Crippen LogP contribution in [0, 0.1) is 5.92 Å². The van der Waals surface area contributed by atoms with Gasteiger partial charge in [0, 0.05) is 23.1 Å². The number of nitrogens with one attached hydrogen (secondary N) is 1. The number of hydrogen-bond acceptors (Lipinski definition) is 3. The summed E-state index contributed by atoms with van der Waals surface area (Å²) in [5.74, 6) is -0.281. The van der Waals surface area contributed by atoms with E-state index in [4.69, 9.17) is 5.11 Å². The van der Waals surface area contributed by atoms with E-state index in [2.05, 4.69) is 5.32 Å². The summed E-state index contributed by atoms with van der Waals surface area (Å²) in [5, 5.41) is 11.6. The zero-order valence-electron chi connectivity index (χ0n) is 10.5. The van der Waals surface area contributed by atoms with E-state index >= 15 is 0 Å². The normalized spacial score (nSPS) is 21.5. The van der Waals surface area contributed by atoms with Crippen LogP contribution in [-0.4, -0.2) is 28.8 Å². The van der Waals surface area contributed by atoms with Crippen LogP contribution in [0.25, 0.3) is 0 Å². The Balaban J connectivity index is 1.60. The van der Waals surface area contributed by atoms with Gasteiger partial charge in [0.15, 0.2) is 0 Å². The molecule has 5 heteroatoms. The molecule has 19 heavy (non-hydrogen) atoms. The summed E-state index contributed by atoms with van der Waals surface area (Å²) in [6.45, 7) is 0. The molecule has 1 saturated carbocycles. The lowest BCUT2D eigenvalue weighted by molar-refractivity contribution is -0.146. The summed E-state index contributed by atoms with van der Waals surface area (Å²) in [7, 11) is 0. The van der Waals surface area contributed by atoms with E-state index in [1.54, 1.807) is 11.8 Å². The highest BCUT2D eigenvalue weighted by Gasteiger charge is 2.34. The molecule has 1 aliphatic carbocycles. The molecule has 102 valence electrons. The van der Waals surface area contributed by atoms with Crippen LogP contribution in [0.5, 0.6) is 0 Å². The third kappa shape index (κ3) is 4.28. The number of thioether (sulfide) groups is 1. The maximum absolute atomic E-state index is 11.6. The van der Waals surface area contributed by atoms with Gasteiger partial charge in [0.05, 0.1) is 5.92 Å². The lowest BCUT2D eigenvalue weighted by Gasteiger charge is -2.32. The molecule has 1 fully saturated rings. The van der Waals surface area contributed by atoms with Gasteiger partial charge >= 0.3 is 5.97 Å². The van der Waals surface area contributed by atoms with Crippen LogP contribution in [0.2, 0.25) is 0 Å². The molecule has 1 aromatic rings. The number of carboxylic acids is 1. The Labute approximate surface area is 116 Å². The van der Waals surface area contributed by atoms with Crippen molar-refractivity contribution >= 4 is 23.6 Å². The molecule has 0 spiro atoms. The Hall–Kier alpha value is -1.49. The minimum atomic E-state index is -0.759. The molecule has 0 aromatic heterocycles. The third-order valence-corrected chi connectivity index (χ3v) is 4.21. The van der Waals surface area contributed by atoms with Crippen molar-refractivity contribution in [2.75, 3.05) is 5.75 Å². The second kappa shape index (κ2) is 6.61. The third-order valence-electron chi connectivity index (χ3n) is 3.19. The van der Waals surface area contributed by atoms with Crippen LogP contribution in [0.4, 0.5) is 0 Å². The second-order valence-electron chi connectivity index (χ2n) is 4.68. The van der Waals surface area contributed by atoms with Gasteiger partial charge in [-0.25, -0.2) is 0 Å². The Morgan fingerprint density at radius 1 is 1.26 bits per heavy atom. The highest BCUT2D eigenvalue weighted by atomic mass is 32.2. The number of carbonyl (C=O) groups excluding carboxylic acids is 1. The van der Waals surface area contributed by atoms with Gasteiger partial charge in [-0.15, -0.1) is 11.8 Å². The topological polar surface area (TPSA) is 66.4 Å². The molecule has 2 N–H and O–H groups in total. The van der Waals surface area contributed by atoms with Crippen molar-refractivity contribution in [3.63, 3.8) is 0 Å². The van der Waals surface area contributed by atoms with Gasteiger partial charge in [0.25, 0.3) is 0 Å². The first-order valence-electron chi connectivity index (χ1n) is 6.35. The molecule has 0 atom stereocenters. The second-order valence-corrected chi connectivity index (χ2v) is 5.85. The lowest BCUT2D eigenvalue weighted by atomic mass is 9.80. The maximum atomic E-state index is 11.6. The summed E-state index contributed by atoms with van der Waals surface area (Å²) >= 11 is 1.65. The number of hydrogen-bond donors (Lipinski definition) is 2. The van der Waals surface area contributed by atoms with Crippen molar-refractivity contribution in [1.82, 2.24) is 5.32 Å². The molecular weight excluding hydrogens is 262 g/mol. The van der Waals surface area contributed by atoms with Crippen LogP contribution in [0.3, 0.4) is 0 Å². The zero-order chi connectivity index (χ0) is 13.7. The monoisotopic (exact) mass is 279 g/mol. The standard InChI is InChI=1S/C14H17NO3S/c16-13(15-11-8-10(9-11)14(17)18)6-7-19-12-4-2-1-3-5-12/h1-5,10-11H,6-9H2,(H,15,16)(H,17,18). The fraction of sp³-hybridized carbons (Fsp3) is 0.429. The molecule has 4 nitrogen and oxygen atoms in total. The van der Waals surface area contributed by atoms with Crippen molar-refractivity contribution in [2.24, 2.45) is 5.92 Å². The molecular formula is C14H17NO3S. The number of rotatable bonds is 6. The molecule has 2 rings (SSSR count). The first kappa shape index (κ1) is 13.9. The molecule has 0 heterocycles. The molecule has 0 radical (unpaired) electrons. The first-order valence-corrected chi connectivity index (χ1v) is 7.33. The minimum Gasteiger partial charge on any atom is -0.481 e. The van der Waals surface area contributed by atoms with Gasteiger partial charge in [-0.1, -0.05) is 18.2 Å². The lowest BCUT2D eigenvalue weighted by Crippen LogP contribution is -2.46. The summed E-state index contributed by atoms with van der Waals surface area (Å²) in [6.07, 6.45) is 1.59. The average molecular weight is 279 g/mol. The van der Waals surface area contributed by atoms with Gasteiger partial charge in [-0.3, -0.25) is 9.59 Å². The Kier molecular flexibility index (Phi) is 4.85. The molecule has 1 amide bonds. The summed E-state index contributed by atoms with van der Waals surface area (Å²) in [4.78, 5) is 23.4. The Morgan fingerprint density at radius 2 is 1.95 bits per heavy atom. The van der Waals surface area contributed by atoms with Crippen molar-refractivity contribution in [1.29, 1.82) is 0 Å². The molecule has 0 unspecified atom stereocenters. The predicted octanol–water partition coefficient (Wildman–Crippen LogP) is 2.15. The minimum absolute atomic E-state index is 0.0114. The molecule has 0 bridgehead atoms. The molecule has 1 aliphatic rings. The quantitative estimate of drug-likeness (QED) is 0.783. The zero-order valence-corrected chi connectivity index (χ0v) is 11.4. The Morgan fingerprint density at radius 3 is 2.58 bits per heavy atom. The van der Waals surface area contributed by atoms with E-state index in [9.17, 15) is 9.59 Å². The van der Waals surface area contributed by atoms with Crippen LogP contribution in [0.1, 0.15) is 19.3 Å². The van der Waals surface area contributed by atoms with Gasteiger partial charge in [-0.2, -0.15) is 0 Å². The number of amides is 1. The van der Waals surface area contributed by atoms with Gasteiger partial charge in [0.1, 0.15) is 0 Å². The maximum Gasteiger partial charge on any atom is 0.306 e. The van der Waals surface area contributed by atoms with Crippen LogP contribution in [-0.2, 0) is 9.59 Å². The van der Waals surface area contributed by atoms with E-state index in [-0.39, 0.29) is 17.9 Å². The summed E-state index contributed by atoms with van der Waals surface area (Å²) in [5.41, 5.74) is 0. The van der Waals surface area contributed by atoms with Crippen LogP contribution in [0.15, 0.2) is 35.2 Å². The molecule has 1 aromatic carbocycles. The smallest absolute Gasteiger partial charge is 0.306 e. The number of benzene rings is 1. The SMILES string of the molecule is O=C(CCSc1ccccc1)NC1CC(C(=O)O)C1. The van der Waals surface area contributed by atoms with Crippen molar-refractivity contribution in [2.45, 2.75) is 30.2 Å². The number of carbonyl (C=O) groups is 2. The molecule has 0 saturated heterocycles. The fourth-order valence-electron chi connectivity index (χ4n) is 2.02. The van der Waals surface area contributed by atoms with Crippen LogP contribution < -0.4 is 5.32 Å².